The SMILES string of the molecule is Cc1cc(S(=O)(=O)n2c(C)nc3ccccc32)c(C)cc1Br. The maximum Gasteiger partial charge on any atom is 0.269 e. The summed E-state index contributed by atoms with van der Waals surface area (Å²) in [6.45, 7) is 5.38. The average molecular weight is 379 g/mol. The van der Waals surface area contributed by atoms with Crippen molar-refractivity contribution >= 4 is 37.0 Å². The van der Waals surface area contributed by atoms with Gasteiger partial charge in [-0.3, -0.25) is 0 Å². The minimum Gasteiger partial charge on any atom is -0.232 e. The molecule has 4 nitrogen and oxygen atoms in total. The van der Waals surface area contributed by atoms with Crippen molar-refractivity contribution in [1.82, 2.24) is 8.96 Å². The fourth-order valence-corrected chi connectivity index (χ4v) is 4.81. The van der Waals surface area contributed by atoms with Crippen LogP contribution in [0.2, 0.25) is 0 Å². The number of aromatic nitrogens is 2. The normalized spacial score (nSPS) is 12.0. The molecular weight excluding hydrogens is 364 g/mol. The van der Waals surface area contributed by atoms with E-state index in [1.165, 1.54) is 3.97 Å². The van der Waals surface area contributed by atoms with E-state index in [1.807, 2.05) is 31.2 Å². The first-order chi connectivity index (χ1) is 10.3. The van der Waals surface area contributed by atoms with Crippen LogP contribution < -0.4 is 0 Å². The molecule has 0 aliphatic carbocycles. The Morgan fingerprint density at radius 3 is 2.45 bits per heavy atom. The molecule has 0 spiro atoms. The molecule has 6 heteroatoms. The van der Waals surface area contributed by atoms with E-state index in [1.54, 1.807) is 26.0 Å². The van der Waals surface area contributed by atoms with Crippen molar-refractivity contribution in [3.05, 3.63) is 57.8 Å². The molecule has 0 amide bonds. The van der Waals surface area contributed by atoms with E-state index in [0.29, 0.717) is 27.3 Å². The Hall–Kier alpha value is -1.66. The molecule has 22 heavy (non-hydrogen) atoms. The molecule has 0 unspecified atom stereocenters. The molecule has 0 saturated heterocycles. The lowest BCUT2D eigenvalue weighted by atomic mass is 10.2. The van der Waals surface area contributed by atoms with Gasteiger partial charge in [-0.1, -0.05) is 28.1 Å². The van der Waals surface area contributed by atoms with Gasteiger partial charge < -0.3 is 0 Å². The van der Waals surface area contributed by atoms with Crippen molar-refractivity contribution in [2.75, 3.05) is 0 Å². The summed E-state index contributed by atoms with van der Waals surface area (Å²) in [5.74, 6) is 0.459. The molecular formula is C16H15BrN2O2S. The summed E-state index contributed by atoms with van der Waals surface area (Å²) >= 11 is 3.44. The quantitative estimate of drug-likeness (QED) is 0.677. The average Bonchev–Trinajstić information content (AvgIpc) is 2.79. The van der Waals surface area contributed by atoms with Crippen molar-refractivity contribution in [2.24, 2.45) is 0 Å². The number of hydrogen-bond acceptors (Lipinski definition) is 3. The van der Waals surface area contributed by atoms with Gasteiger partial charge >= 0.3 is 0 Å². The highest BCUT2D eigenvalue weighted by atomic mass is 79.9. The number of nitrogens with zero attached hydrogens (tertiary/aromatic N) is 2. The van der Waals surface area contributed by atoms with Crippen LogP contribution in [-0.4, -0.2) is 17.4 Å². The molecule has 3 rings (SSSR count). The first-order valence-corrected chi connectivity index (χ1v) is 9.02. The zero-order chi connectivity index (χ0) is 16.1. The van der Waals surface area contributed by atoms with Crippen LogP contribution in [-0.2, 0) is 10.0 Å². The Bertz CT molecular complexity index is 991. The van der Waals surface area contributed by atoms with E-state index in [9.17, 15) is 8.42 Å². The monoisotopic (exact) mass is 378 g/mol. The Labute approximate surface area is 138 Å². The smallest absolute Gasteiger partial charge is 0.232 e. The molecule has 2 aromatic carbocycles. The van der Waals surface area contributed by atoms with Gasteiger partial charge in [0.25, 0.3) is 10.0 Å². The minimum absolute atomic E-state index is 0.305. The van der Waals surface area contributed by atoms with E-state index in [0.717, 1.165) is 10.0 Å². The Kier molecular flexibility index (Phi) is 3.61. The van der Waals surface area contributed by atoms with Crippen LogP contribution >= 0.6 is 15.9 Å². The van der Waals surface area contributed by atoms with E-state index in [4.69, 9.17) is 0 Å². The highest BCUT2D eigenvalue weighted by Crippen LogP contribution is 2.28. The summed E-state index contributed by atoms with van der Waals surface area (Å²) in [7, 11) is -3.69. The molecule has 1 aromatic heterocycles. The molecule has 0 saturated carbocycles. The van der Waals surface area contributed by atoms with Gasteiger partial charge in [0.05, 0.1) is 15.9 Å². The predicted molar refractivity (Wildman–Crippen MR) is 90.7 cm³/mol. The number of aryl methyl sites for hydroxylation is 3. The van der Waals surface area contributed by atoms with Crippen molar-refractivity contribution in [3.8, 4) is 0 Å². The molecule has 1 heterocycles. The van der Waals surface area contributed by atoms with Crippen LogP contribution in [0.3, 0.4) is 0 Å². The van der Waals surface area contributed by atoms with Gasteiger partial charge in [0.2, 0.25) is 0 Å². The summed E-state index contributed by atoms with van der Waals surface area (Å²) < 4.78 is 28.5. The topological polar surface area (TPSA) is 52.0 Å². The zero-order valence-electron chi connectivity index (χ0n) is 12.5. The Morgan fingerprint density at radius 1 is 1.05 bits per heavy atom. The molecule has 0 aliphatic rings. The highest BCUT2D eigenvalue weighted by Gasteiger charge is 2.24. The van der Waals surface area contributed by atoms with Gasteiger partial charge in [-0.05, 0) is 56.2 Å². The van der Waals surface area contributed by atoms with E-state index >= 15 is 0 Å². The summed E-state index contributed by atoms with van der Waals surface area (Å²) in [5, 5.41) is 0. The molecule has 0 radical (unpaired) electrons. The molecule has 0 fully saturated rings. The van der Waals surface area contributed by atoms with Gasteiger partial charge in [0.15, 0.2) is 0 Å². The molecule has 3 aromatic rings. The Balaban J connectivity index is 2.34. The highest BCUT2D eigenvalue weighted by molar-refractivity contribution is 9.10. The number of hydrogen-bond donors (Lipinski definition) is 0. The number of rotatable bonds is 2. The lowest BCUT2D eigenvalue weighted by Gasteiger charge is -2.13. The van der Waals surface area contributed by atoms with Gasteiger partial charge in [0, 0.05) is 4.47 Å². The van der Waals surface area contributed by atoms with Gasteiger partial charge in [-0.15, -0.1) is 0 Å². The summed E-state index contributed by atoms with van der Waals surface area (Å²) in [5.41, 5.74) is 2.86. The van der Waals surface area contributed by atoms with Crippen molar-refractivity contribution in [1.29, 1.82) is 0 Å². The third-order valence-electron chi connectivity index (χ3n) is 3.65. The number of imidazole rings is 1. The Morgan fingerprint density at radius 2 is 1.73 bits per heavy atom. The van der Waals surface area contributed by atoms with Crippen molar-refractivity contribution < 1.29 is 8.42 Å². The molecule has 0 N–H and O–H groups in total. The number of fused-ring (bicyclic) bond motifs is 1. The fourth-order valence-electron chi connectivity index (χ4n) is 2.56. The maximum absolute atomic E-state index is 13.1. The van der Waals surface area contributed by atoms with Gasteiger partial charge in [-0.25, -0.2) is 17.4 Å². The maximum atomic E-state index is 13.1. The van der Waals surface area contributed by atoms with Crippen LogP contribution in [0.4, 0.5) is 0 Å². The standard InChI is InChI=1S/C16H15BrN2O2S/c1-10-9-16(11(2)8-13(10)17)22(20,21)19-12(3)18-14-6-4-5-7-15(14)19/h4-9H,1-3H3. The summed E-state index contributed by atoms with van der Waals surface area (Å²) in [4.78, 5) is 4.65. The van der Waals surface area contributed by atoms with E-state index in [-0.39, 0.29) is 0 Å². The summed E-state index contributed by atoms with van der Waals surface area (Å²) in [6, 6.07) is 10.8. The largest absolute Gasteiger partial charge is 0.269 e. The lowest BCUT2D eigenvalue weighted by Crippen LogP contribution is -2.16. The molecule has 0 bridgehead atoms. The van der Waals surface area contributed by atoms with Crippen LogP contribution in [0, 0.1) is 20.8 Å². The van der Waals surface area contributed by atoms with Gasteiger partial charge in [-0.2, -0.15) is 0 Å². The van der Waals surface area contributed by atoms with Crippen LogP contribution in [0.15, 0.2) is 45.8 Å². The third kappa shape index (κ3) is 2.27. The van der Waals surface area contributed by atoms with E-state index in [2.05, 4.69) is 20.9 Å². The fraction of sp³-hybridized carbons (Fsp3) is 0.188. The number of benzene rings is 2. The third-order valence-corrected chi connectivity index (χ3v) is 6.44. The minimum atomic E-state index is -3.69. The first-order valence-electron chi connectivity index (χ1n) is 6.79. The zero-order valence-corrected chi connectivity index (χ0v) is 14.9. The second kappa shape index (κ2) is 5.21. The first kappa shape index (κ1) is 15.2. The second-order valence-corrected chi connectivity index (χ2v) is 7.89. The molecule has 0 aliphatic heterocycles. The number of halogens is 1. The summed E-state index contributed by atoms with van der Waals surface area (Å²) in [6.07, 6.45) is 0. The molecule has 114 valence electrons. The van der Waals surface area contributed by atoms with Crippen LogP contribution in [0.5, 0.6) is 0 Å². The second-order valence-electron chi connectivity index (χ2n) is 5.28. The van der Waals surface area contributed by atoms with Crippen LogP contribution in [0.1, 0.15) is 17.0 Å². The lowest BCUT2D eigenvalue weighted by molar-refractivity contribution is 0.586. The van der Waals surface area contributed by atoms with Crippen LogP contribution in [0.25, 0.3) is 11.0 Å². The van der Waals surface area contributed by atoms with Gasteiger partial charge in [0.1, 0.15) is 5.82 Å². The van der Waals surface area contributed by atoms with Crippen molar-refractivity contribution in [3.63, 3.8) is 0 Å². The number of para-hydroxylation sites is 2. The molecule has 0 atom stereocenters. The van der Waals surface area contributed by atoms with Crippen molar-refractivity contribution in [2.45, 2.75) is 25.7 Å². The van der Waals surface area contributed by atoms with E-state index < -0.39 is 10.0 Å². The predicted octanol–water partition coefficient (Wildman–Crippen LogP) is 3.96.